The lowest BCUT2D eigenvalue weighted by atomic mass is 10.1. The van der Waals surface area contributed by atoms with Crippen LogP contribution in [-0.2, 0) is 0 Å². The summed E-state index contributed by atoms with van der Waals surface area (Å²) in [6, 6.07) is 8.76. The largest absolute Gasteiger partial charge is 0.448 e. The van der Waals surface area contributed by atoms with Crippen molar-refractivity contribution < 1.29 is 9.52 Å². The van der Waals surface area contributed by atoms with Gasteiger partial charge in [-0.05, 0) is 35.9 Å². The molecule has 0 aliphatic carbocycles. The molecule has 18 heavy (non-hydrogen) atoms. The van der Waals surface area contributed by atoms with Crippen LogP contribution in [0, 0.1) is 11.8 Å². The molecule has 1 aromatic carbocycles. The number of aryl methyl sites for hydroxylation is 1. The zero-order valence-electron chi connectivity index (χ0n) is 9.81. The van der Waals surface area contributed by atoms with Crippen molar-refractivity contribution in [2.75, 3.05) is 0 Å². The fourth-order valence-electron chi connectivity index (χ4n) is 1.57. The molecule has 0 saturated heterocycles. The second kappa shape index (κ2) is 4.70. The normalized spacial score (nSPS) is 11.5. The Balaban J connectivity index is 2.43. The topological polar surface area (TPSA) is 109 Å². The molecule has 0 amide bonds. The number of amidine groups is 1. The molecule has 2 aromatic rings. The standard InChI is InChI=1S/C12H12N4O2/c1-7-2-3-8(6-9(7)16-17)10-4-5-11(18-10)12(13)15-14/h2-6H,14H2,1H3,(H2,13,15)/p+1. The van der Waals surface area contributed by atoms with E-state index in [9.17, 15) is 4.91 Å². The third-order valence-electron chi connectivity index (χ3n) is 2.62. The molecule has 2 rings (SSSR count). The number of hydrogen-bond acceptors (Lipinski definition) is 4. The smallest absolute Gasteiger partial charge is 0.331 e. The number of furan rings is 1. The van der Waals surface area contributed by atoms with E-state index in [-0.39, 0.29) is 5.84 Å². The SMILES string of the molecule is Cc1ccc(-c2ccc(/C(N)=[NH+]/N)o2)cc1N=O. The average Bonchev–Trinajstić information content (AvgIpc) is 2.88. The first-order valence-electron chi connectivity index (χ1n) is 5.29. The van der Waals surface area contributed by atoms with Gasteiger partial charge in [0.25, 0.3) is 0 Å². The van der Waals surface area contributed by atoms with E-state index in [1.807, 2.05) is 19.1 Å². The van der Waals surface area contributed by atoms with E-state index in [0.29, 0.717) is 17.2 Å². The van der Waals surface area contributed by atoms with E-state index in [4.69, 9.17) is 16.0 Å². The molecule has 1 aromatic heterocycles. The summed E-state index contributed by atoms with van der Waals surface area (Å²) in [5.74, 6) is 6.46. The van der Waals surface area contributed by atoms with Crippen molar-refractivity contribution in [2.45, 2.75) is 6.92 Å². The molecule has 5 N–H and O–H groups in total. The molecule has 6 heteroatoms. The van der Waals surface area contributed by atoms with Crippen LogP contribution in [0.5, 0.6) is 0 Å². The summed E-state index contributed by atoms with van der Waals surface area (Å²) in [4.78, 5) is 10.6. The second-order valence-corrected chi connectivity index (χ2v) is 3.81. The Morgan fingerprint density at radius 1 is 1.33 bits per heavy atom. The molecule has 0 radical (unpaired) electrons. The van der Waals surface area contributed by atoms with Crippen molar-refractivity contribution in [1.29, 1.82) is 0 Å². The predicted molar refractivity (Wildman–Crippen MR) is 67.8 cm³/mol. The number of nitrogens with one attached hydrogen (secondary N) is 1. The van der Waals surface area contributed by atoms with Gasteiger partial charge in [0.15, 0.2) is 0 Å². The minimum atomic E-state index is 0.238. The summed E-state index contributed by atoms with van der Waals surface area (Å²) < 4.78 is 5.51. The van der Waals surface area contributed by atoms with Gasteiger partial charge in [0, 0.05) is 5.56 Å². The molecule has 0 saturated carbocycles. The molecule has 1 heterocycles. The van der Waals surface area contributed by atoms with Crippen LogP contribution in [-0.4, -0.2) is 5.84 Å². The molecule has 6 nitrogen and oxygen atoms in total. The van der Waals surface area contributed by atoms with Crippen LogP contribution in [0.3, 0.4) is 0 Å². The lowest BCUT2D eigenvalue weighted by Crippen LogP contribution is -2.82. The maximum Gasteiger partial charge on any atom is 0.331 e. The minimum absolute atomic E-state index is 0.238. The van der Waals surface area contributed by atoms with E-state index < -0.39 is 0 Å². The van der Waals surface area contributed by atoms with Crippen molar-refractivity contribution in [1.82, 2.24) is 0 Å². The first-order valence-corrected chi connectivity index (χ1v) is 5.29. The zero-order chi connectivity index (χ0) is 13.1. The zero-order valence-corrected chi connectivity index (χ0v) is 9.81. The van der Waals surface area contributed by atoms with E-state index in [2.05, 4.69) is 10.3 Å². The molecule has 0 fully saturated rings. The Morgan fingerprint density at radius 2 is 2.11 bits per heavy atom. The Bertz CT molecular complexity index is 616. The number of benzene rings is 1. The summed E-state index contributed by atoms with van der Waals surface area (Å²) >= 11 is 0. The Hall–Kier alpha value is -2.63. The van der Waals surface area contributed by atoms with Crippen molar-refractivity contribution in [3.05, 3.63) is 46.6 Å². The number of nitrogens with zero attached hydrogens (tertiary/aromatic N) is 1. The number of nitrogens with two attached hydrogens (primary N) is 2. The molecule has 92 valence electrons. The van der Waals surface area contributed by atoms with Crippen LogP contribution in [0.1, 0.15) is 11.3 Å². The Kier molecular flexibility index (Phi) is 3.09. The lowest BCUT2D eigenvalue weighted by molar-refractivity contribution is -0.470. The molecular weight excluding hydrogens is 232 g/mol. The number of hydrogen-bond donors (Lipinski definition) is 3. The monoisotopic (exact) mass is 245 g/mol. The predicted octanol–water partition coefficient (Wildman–Crippen LogP) is 0.313. The number of rotatable bonds is 3. The van der Waals surface area contributed by atoms with Crippen LogP contribution in [0.15, 0.2) is 39.9 Å². The molecule has 0 bridgehead atoms. The van der Waals surface area contributed by atoms with Crippen molar-refractivity contribution in [3.8, 4) is 11.3 Å². The number of nitrogen functional groups attached to an aromatic ring is 1. The van der Waals surface area contributed by atoms with Gasteiger partial charge in [-0.2, -0.15) is 5.10 Å². The van der Waals surface area contributed by atoms with Gasteiger partial charge in [-0.15, -0.1) is 4.91 Å². The van der Waals surface area contributed by atoms with Gasteiger partial charge >= 0.3 is 5.84 Å². The van der Waals surface area contributed by atoms with Gasteiger partial charge in [0.05, 0.1) is 0 Å². The maximum absolute atomic E-state index is 10.6. The van der Waals surface area contributed by atoms with Gasteiger partial charge in [0.1, 0.15) is 11.4 Å². The summed E-state index contributed by atoms with van der Waals surface area (Å²) in [7, 11) is 0. The molecule has 0 atom stereocenters. The minimum Gasteiger partial charge on any atom is -0.448 e. The summed E-state index contributed by atoms with van der Waals surface area (Å²) in [6.45, 7) is 1.82. The summed E-state index contributed by atoms with van der Waals surface area (Å²) in [5, 5.41) is 5.27. The van der Waals surface area contributed by atoms with Crippen LogP contribution >= 0.6 is 0 Å². The highest BCUT2D eigenvalue weighted by atomic mass is 16.3. The third-order valence-corrected chi connectivity index (χ3v) is 2.62. The van der Waals surface area contributed by atoms with Gasteiger partial charge in [0.2, 0.25) is 5.76 Å². The fraction of sp³-hybridized carbons (Fsp3) is 0.0833. The summed E-state index contributed by atoms with van der Waals surface area (Å²) in [6.07, 6.45) is 0. The third kappa shape index (κ3) is 2.08. The van der Waals surface area contributed by atoms with Crippen molar-refractivity contribution in [3.63, 3.8) is 0 Å². The van der Waals surface area contributed by atoms with Crippen LogP contribution in [0.4, 0.5) is 5.69 Å². The second-order valence-electron chi connectivity index (χ2n) is 3.81. The van der Waals surface area contributed by atoms with Gasteiger partial charge in [-0.3, -0.25) is 11.6 Å². The number of hydrazine groups is 1. The number of hydrazone groups is 1. The highest BCUT2D eigenvalue weighted by Crippen LogP contribution is 2.28. The molecular formula is C12H13N4O2+. The Morgan fingerprint density at radius 3 is 2.78 bits per heavy atom. The maximum atomic E-state index is 10.6. The van der Waals surface area contributed by atoms with Gasteiger partial charge < -0.3 is 4.42 Å². The van der Waals surface area contributed by atoms with E-state index in [1.54, 1.807) is 18.2 Å². The first kappa shape index (κ1) is 11.8. The Labute approximate surface area is 103 Å². The highest BCUT2D eigenvalue weighted by Gasteiger charge is 2.12. The van der Waals surface area contributed by atoms with Crippen LogP contribution < -0.4 is 16.7 Å². The highest BCUT2D eigenvalue weighted by molar-refractivity contribution is 5.90. The quantitative estimate of drug-likeness (QED) is 0.238. The van der Waals surface area contributed by atoms with Crippen molar-refractivity contribution in [2.24, 2.45) is 16.8 Å². The van der Waals surface area contributed by atoms with Crippen LogP contribution in [0.2, 0.25) is 0 Å². The van der Waals surface area contributed by atoms with Gasteiger partial charge in [-0.1, -0.05) is 12.1 Å². The lowest BCUT2D eigenvalue weighted by Gasteiger charge is -2.00. The molecule has 0 aliphatic rings. The van der Waals surface area contributed by atoms with E-state index in [0.717, 1.165) is 11.1 Å². The number of nitroso groups, excluding NO2 is 1. The first-order chi connectivity index (χ1) is 8.65. The van der Waals surface area contributed by atoms with Crippen LogP contribution in [0.25, 0.3) is 11.3 Å². The molecule has 0 unspecified atom stereocenters. The molecule has 0 spiro atoms. The van der Waals surface area contributed by atoms with E-state index >= 15 is 0 Å². The van der Waals surface area contributed by atoms with E-state index in [1.165, 1.54) is 0 Å². The van der Waals surface area contributed by atoms with Gasteiger partial charge in [-0.25, -0.2) is 0 Å². The molecule has 0 aliphatic heterocycles. The fourth-order valence-corrected chi connectivity index (χ4v) is 1.57. The average molecular weight is 245 g/mol. The summed E-state index contributed by atoms with van der Waals surface area (Å²) in [5.41, 5.74) is 7.54. The van der Waals surface area contributed by atoms with Crippen molar-refractivity contribution >= 4 is 11.5 Å².